The van der Waals surface area contributed by atoms with Crippen LogP contribution in [-0.4, -0.2) is 50.8 Å². The average molecular weight is 424 g/mol. The highest BCUT2D eigenvalue weighted by Gasteiger charge is 2.44. The molecule has 0 fully saturated rings. The largest absolute Gasteiger partial charge is 0.478 e. The fraction of sp³-hybridized carbons (Fsp3) is 0.227. The van der Waals surface area contributed by atoms with Gasteiger partial charge in [-0.05, 0) is 36.2 Å². The number of carboxylic acid groups (broad SMARTS) is 2. The van der Waals surface area contributed by atoms with Crippen LogP contribution in [0.25, 0.3) is 0 Å². The van der Waals surface area contributed by atoms with Crippen molar-refractivity contribution in [2.45, 2.75) is 26.3 Å². The first kappa shape index (κ1) is 21.7. The van der Waals surface area contributed by atoms with E-state index in [0.717, 1.165) is 23.1 Å². The number of anilines is 1. The fourth-order valence-corrected chi connectivity index (χ4v) is 3.48. The van der Waals surface area contributed by atoms with Crippen molar-refractivity contribution in [3.8, 4) is 0 Å². The molecule has 0 bridgehead atoms. The lowest BCUT2D eigenvalue weighted by Gasteiger charge is -2.29. The molecule has 2 atom stereocenters. The number of nitrogens with zero attached hydrogens (tertiary/aromatic N) is 1. The van der Waals surface area contributed by atoms with Crippen molar-refractivity contribution < 1.29 is 34.2 Å². The summed E-state index contributed by atoms with van der Waals surface area (Å²) in [5.41, 5.74) is -0.302. The highest BCUT2D eigenvalue weighted by Crippen LogP contribution is 2.29. The van der Waals surface area contributed by atoms with E-state index in [-0.39, 0.29) is 27.9 Å². The summed E-state index contributed by atoms with van der Waals surface area (Å²) in [6.07, 6.45) is 0.473. The molecule has 9 heteroatoms. The lowest BCUT2D eigenvalue weighted by atomic mass is 9.96. The van der Waals surface area contributed by atoms with E-state index in [1.165, 1.54) is 12.1 Å². The maximum absolute atomic E-state index is 13.2. The summed E-state index contributed by atoms with van der Waals surface area (Å²) in [6.45, 7) is 3.51. The molecule has 31 heavy (non-hydrogen) atoms. The van der Waals surface area contributed by atoms with Gasteiger partial charge < -0.3 is 15.5 Å². The van der Waals surface area contributed by atoms with Crippen molar-refractivity contribution in [2.24, 2.45) is 5.92 Å². The molecule has 2 aromatic carbocycles. The van der Waals surface area contributed by atoms with Gasteiger partial charge in [0.2, 0.25) is 5.91 Å². The van der Waals surface area contributed by atoms with Gasteiger partial charge >= 0.3 is 11.9 Å². The van der Waals surface area contributed by atoms with Crippen molar-refractivity contribution in [3.63, 3.8) is 0 Å². The third kappa shape index (κ3) is 4.02. The minimum absolute atomic E-state index is 0.0628. The van der Waals surface area contributed by atoms with Gasteiger partial charge in [-0.3, -0.25) is 19.3 Å². The molecule has 2 aromatic rings. The van der Waals surface area contributed by atoms with Crippen LogP contribution in [-0.2, 0) is 4.79 Å². The fourth-order valence-electron chi connectivity index (χ4n) is 3.48. The van der Waals surface area contributed by atoms with Gasteiger partial charge in [0.25, 0.3) is 11.8 Å². The van der Waals surface area contributed by atoms with Crippen LogP contribution in [0, 0.1) is 5.92 Å². The molecule has 3 rings (SSSR count). The Balaban J connectivity index is 1.98. The van der Waals surface area contributed by atoms with E-state index in [2.05, 4.69) is 5.32 Å². The maximum Gasteiger partial charge on any atom is 0.335 e. The molecule has 0 saturated heterocycles. The Morgan fingerprint density at radius 1 is 0.935 bits per heavy atom. The van der Waals surface area contributed by atoms with Gasteiger partial charge in [-0.25, -0.2) is 9.59 Å². The summed E-state index contributed by atoms with van der Waals surface area (Å²) in [4.78, 5) is 62.5. The molecule has 2 unspecified atom stereocenters. The molecule has 3 N–H and O–H groups in total. The van der Waals surface area contributed by atoms with Crippen LogP contribution in [0.3, 0.4) is 0 Å². The lowest BCUT2D eigenvalue weighted by molar-refractivity contribution is -0.121. The molecule has 0 spiro atoms. The van der Waals surface area contributed by atoms with Crippen molar-refractivity contribution in [3.05, 3.63) is 64.7 Å². The number of carbonyl (C=O) groups is 5. The molecule has 1 aliphatic rings. The third-order valence-electron chi connectivity index (χ3n) is 5.25. The summed E-state index contributed by atoms with van der Waals surface area (Å²) >= 11 is 0. The van der Waals surface area contributed by atoms with Crippen molar-refractivity contribution in [1.29, 1.82) is 0 Å². The Kier molecular flexibility index (Phi) is 5.87. The first-order valence-corrected chi connectivity index (χ1v) is 9.55. The van der Waals surface area contributed by atoms with Crippen molar-refractivity contribution in [2.75, 3.05) is 5.32 Å². The molecular weight excluding hydrogens is 404 g/mol. The standard InChI is InChI=1S/C22H20N2O7/c1-3-11(2)17(24-19(26)15-6-4-5-7-16(15)20(24)27)18(25)23-14-9-12(21(28)29)8-13(10-14)22(30)31/h4-11,17H,3H2,1-2H3,(H,23,25)(H,28,29)(H,30,31). The number of hydrogen-bond donors (Lipinski definition) is 3. The van der Waals surface area contributed by atoms with E-state index >= 15 is 0 Å². The molecule has 160 valence electrons. The van der Waals surface area contributed by atoms with Crippen molar-refractivity contribution >= 4 is 35.3 Å². The number of amides is 3. The number of nitrogens with one attached hydrogen (secondary N) is 1. The highest BCUT2D eigenvalue weighted by molar-refractivity contribution is 6.23. The Hall–Kier alpha value is -4.01. The number of rotatable bonds is 7. The van der Waals surface area contributed by atoms with E-state index < -0.39 is 41.6 Å². The Labute approximate surface area is 177 Å². The average Bonchev–Trinajstić information content (AvgIpc) is 2.99. The predicted octanol–water partition coefficient (Wildman–Crippen LogP) is 2.73. The molecule has 0 saturated carbocycles. The summed E-state index contributed by atoms with van der Waals surface area (Å²) in [6, 6.07) is 8.29. The zero-order valence-corrected chi connectivity index (χ0v) is 16.8. The third-order valence-corrected chi connectivity index (χ3v) is 5.25. The second-order valence-electron chi connectivity index (χ2n) is 7.25. The monoisotopic (exact) mass is 424 g/mol. The zero-order chi connectivity index (χ0) is 22.9. The normalized spacial score (nSPS) is 14.7. The molecule has 1 heterocycles. The van der Waals surface area contributed by atoms with Crippen LogP contribution < -0.4 is 5.32 Å². The Bertz CT molecular complexity index is 1040. The van der Waals surface area contributed by atoms with Gasteiger partial charge in [0.05, 0.1) is 22.3 Å². The summed E-state index contributed by atoms with van der Waals surface area (Å²) in [5, 5.41) is 20.9. The van der Waals surface area contributed by atoms with E-state index in [9.17, 15) is 34.2 Å². The van der Waals surface area contributed by atoms with E-state index in [0.29, 0.717) is 6.42 Å². The second-order valence-corrected chi connectivity index (χ2v) is 7.25. The minimum Gasteiger partial charge on any atom is -0.478 e. The van der Waals surface area contributed by atoms with Crippen LogP contribution >= 0.6 is 0 Å². The molecule has 9 nitrogen and oxygen atoms in total. The van der Waals surface area contributed by atoms with E-state index in [1.807, 2.05) is 0 Å². The topological polar surface area (TPSA) is 141 Å². The molecule has 1 aliphatic heterocycles. The second kappa shape index (κ2) is 8.39. The van der Waals surface area contributed by atoms with Crippen LogP contribution in [0.15, 0.2) is 42.5 Å². The quantitative estimate of drug-likeness (QED) is 0.580. The van der Waals surface area contributed by atoms with E-state index in [1.54, 1.807) is 26.0 Å². The smallest absolute Gasteiger partial charge is 0.335 e. The first-order valence-electron chi connectivity index (χ1n) is 9.55. The van der Waals surface area contributed by atoms with E-state index in [4.69, 9.17) is 0 Å². The summed E-state index contributed by atoms with van der Waals surface area (Å²) < 4.78 is 0. The number of imide groups is 1. The number of carbonyl (C=O) groups excluding carboxylic acids is 3. The number of carboxylic acids is 2. The summed E-state index contributed by atoms with van der Waals surface area (Å²) in [5.74, 6) is -5.04. The molecule has 3 amide bonds. The van der Waals surface area contributed by atoms with Gasteiger partial charge in [-0.1, -0.05) is 32.4 Å². The van der Waals surface area contributed by atoms with Crippen LogP contribution in [0.1, 0.15) is 61.7 Å². The maximum atomic E-state index is 13.2. The number of hydrogen-bond acceptors (Lipinski definition) is 5. The van der Waals surface area contributed by atoms with Gasteiger partial charge in [0.15, 0.2) is 0 Å². The first-order chi connectivity index (χ1) is 14.6. The van der Waals surface area contributed by atoms with Gasteiger partial charge in [-0.2, -0.15) is 0 Å². The molecule has 0 aromatic heterocycles. The van der Waals surface area contributed by atoms with Gasteiger partial charge in [0, 0.05) is 5.69 Å². The molecule has 0 aliphatic carbocycles. The Morgan fingerprint density at radius 3 is 1.84 bits per heavy atom. The highest BCUT2D eigenvalue weighted by atomic mass is 16.4. The Morgan fingerprint density at radius 2 is 1.42 bits per heavy atom. The predicted molar refractivity (Wildman–Crippen MR) is 109 cm³/mol. The molecule has 0 radical (unpaired) electrons. The zero-order valence-electron chi connectivity index (χ0n) is 16.8. The van der Waals surface area contributed by atoms with Crippen LogP contribution in [0.4, 0.5) is 5.69 Å². The van der Waals surface area contributed by atoms with Gasteiger partial charge in [0.1, 0.15) is 6.04 Å². The molecular formula is C22H20N2O7. The minimum atomic E-state index is -1.36. The van der Waals surface area contributed by atoms with Crippen LogP contribution in [0.2, 0.25) is 0 Å². The number of fused-ring (bicyclic) bond motifs is 1. The SMILES string of the molecule is CCC(C)C(C(=O)Nc1cc(C(=O)O)cc(C(=O)O)c1)N1C(=O)c2ccccc2C1=O. The van der Waals surface area contributed by atoms with Gasteiger partial charge in [-0.15, -0.1) is 0 Å². The summed E-state index contributed by atoms with van der Waals surface area (Å²) in [7, 11) is 0. The number of benzene rings is 2. The van der Waals surface area contributed by atoms with Crippen LogP contribution in [0.5, 0.6) is 0 Å². The number of aromatic carboxylic acids is 2. The lowest BCUT2D eigenvalue weighted by Crippen LogP contribution is -2.50. The van der Waals surface area contributed by atoms with Crippen molar-refractivity contribution in [1.82, 2.24) is 4.90 Å².